The number of nitrogens with zero attached hydrogens (tertiary/aromatic N) is 1. The third kappa shape index (κ3) is 3.19. The molecule has 6 heteroatoms. The molecule has 0 unspecified atom stereocenters. The van der Waals surface area contributed by atoms with Crippen LogP contribution in [0, 0.1) is 5.82 Å². The molecule has 0 radical (unpaired) electrons. The first kappa shape index (κ1) is 13.7. The first-order valence-electron chi connectivity index (χ1n) is 5.29. The Labute approximate surface area is 115 Å². The summed E-state index contributed by atoms with van der Waals surface area (Å²) < 4.78 is 37.3. The minimum atomic E-state index is -3.86. The van der Waals surface area contributed by atoms with E-state index in [1.807, 2.05) is 0 Å². The molecule has 1 heterocycles. The number of pyridine rings is 1. The van der Waals surface area contributed by atoms with Gasteiger partial charge in [-0.1, -0.05) is 23.7 Å². The van der Waals surface area contributed by atoms with Crippen molar-refractivity contribution in [3.8, 4) is 0 Å². The molecule has 0 aliphatic heterocycles. The summed E-state index contributed by atoms with van der Waals surface area (Å²) in [7, 11) is -3.86. The van der Waals surface area contributed by atoms with Gasteiger partial charge in [0.1, 0.15) is 10.7 Å². The summed E-state index contributed by atoms with van der Waals surface area (Å²) in [6.07, 6.45) is 2.73. The molecule has 19 heavy (non-hydrogen) atoms. The fourth-order valence-corrected chi connectivity index (χ4v) is 2.67. The molecule has 0 N–H and O–H groups in total. The highest BCUT2D eigenvalue weighted by Crippen LogP contribution is 2.19. The predicted molar refractivity (Wildman–Crippen MR) is 71.9 cm³/mol. The summed E-state index contributed by atoms with van der Waals surface area (Å²) in [6.45, 7) is 0. The summed E-state index contributed by atoms with van der Waals surface area (Å²) in [5.74, 6) is -0.792. The van der Waals surface area contributed by atoms with E-state index in [4.69, 9.17) is 11.6 Å². The van der Waals surface area contributed by atoms with Gasteiger partial charge in [-0.25, -0.2) is 12.8 Å². The number of sulfone groups is 1. The minimum Gasteiger partial charge on any atom is -0.255 e. The van der Waals surface area contributed by atoms with Crippen molar-refractivity contribution >= 4 is 27.5 Å². The lowest BCUT2D eigenvalue weighted by Crippen LogP contribution is -1.99. The number of rotatable bonds is 3. The van der Waals surface area contributed by atoms with E-state index < -0.39 is 15.7 Å². The van der Waals surface area contributed by atoms with Crippen molar-refractivity contribution < 1.29 is 12.8 Å². The van der Waals surface area contributed by atoms with Gasteiger partial charge in [-0.3, -0.25) is 4.98 Å². The molecule has 1 aromatic carbocycles. The van der Waals surface area contributed by atoms with Crippen molar-refractivity contribution in [2.24, 2.45) is 0 Å². The largest absolute Gasteiger partial charge is 0.255 e. The van der Waals surface area contributed by atoms with E-state index >= 15 is 0 Å². The van der Waals surface area contributed by atoms with Gasteiger partial charge in [0.2, 0.25) is 9.84 Å². The van der Waals surface area contributed by atoms with E-state index in [1.54, 1.807) is 12.1 Å². The molecule has 3 nitrogen and oxygen atoms in total. The highest BCUT2D eigenvalue weighted by molar-refractivity contribution is 7.94. The second-order valence-electron chi connectivity index (χ2n) is 3.65. The first-order chi connectivity index (χ1) is 9.00. The summed E-state index contributed by atoms with van der Waals surface area (Å²) in [5.41, 5.74) is 0.309. The maximum atomic E-state index is 13.4. The SMILES string of the molecule is O=S(=O)(C=Cc1ncccc1Cl)c1ccccc1F. The van der Waals surface area contributed by atoms with Gasteiger partial charge in [-0.2, -0.15) is 0 Å². The molecule has 0 bridgehead atoms. The van der Waals surface area contributed by atoms with Crippen molar-refractivity contribution in [1.82, 2.24) is 4.98 Å². The summed E-state index contributed by atoms with van der Waals surface area (Å²) in [5, 5.41) is 1.21. The summed E-state index contributed by atoms with van der Waals surface area (Å²) in [4.78, 5) is 3.54. The van der Waals surface area contributed by atoms with Gasteiger partial charge in [0, 0.05) is 11.6 Å². The van der Waals surface area contributed by atoms with Crippen molar-refractivity contribution in [1.29, 1.82) is 0 Å². The van der Waals surface area contributed by atoms with Gasteiger partial charge >= 0.3 is 0 Å². The van der Waals surface area contributed by atoms with Crippen molar-refractivity contribution in [3.05, 3.63) is 64.5 Å². The third-order valence-corrected chi connectivity index (χ3v) is 4.09. The van der Waals surface area contributed by atoms with Crippen LogP contribution in [0.25, 0.3) is 6.08 Å². The zero-order chi connectivity index (χ0) is 13.9. The topological polar surface area (TPSA) is 47.0 Å². The highest BCUT2D eigenvalue weighted by Gasteiger charge is 2.15. The zero-order valence-corrected chi connectivity index (χ0v) is 11.2. The number of aromatic nitrogens is 1. The minimum absolute atomic E-state index is 0.309. The van der Waals surface area contributed by atoms with Crippen LogP contribution in [0.15, 0.2) is 52.9 Å². The Morgan fingerprint density at radius 1 is 1.16 bits per heavy atom. The standard InChI is InChI=1S/C13H9ClFNO2S/c14-10-4-3-8-16-12(10)7-9-19(17,18)13-6-2-1-5-11(13)15/h1-9H. The Balaban J connectivity index is 2.38. The summed E-state index contributed by atoms with van der Waals surface area (Å²) in [6, 6.07) is 8.39. The molecule has 0 fully saturated rings. The van der Waals surface area contributed by atoms with Crippen LogP contribution in [-0.4, -0.2) is 13.4 Å². The number of hydrogen-bond donors (Lipinski definition) is 0. The Hall–Kier alpha value is -1.72. The van der Waals surface area contributed by atoms with Crippen LogP contribution in [-0.2, 0) is 9.84 Å². The molecule has 2 rings (SSSR count). The molecule has 0 spiro atoms. The van der Waals surface area contributed by atoms with Crippen molar-refractivity contribution in [2.75, 3.05) is 0 Å². The second kappa shape index (κ2) is 5.50. The van der Waals surface area contributed by atoms with Crippen LogP contribution in [0.1, 0.15) is 5.69 Å². The Morgan fingerprint density at radius 2 is 1.89 bits per heavy atom. The Bertz CT molecular complexity index is 729. The normalized spacial score (nSPS) is 11.9. The highest BCUT2D eigenvalue weighted by atomic mass is 35.5. The average molecular weight is 298 g/mol. The van der Waals surface area contributed by atoms with Crippen molar-refractivity contribution in [3.63, 3.8) is 0 Å². The number of hydrogen-bond acceptors (Lipinski definition) is 3. The zero-order valence-electron chi connectivity index (χ0n) is 9.62. The molecular formula is C13H9ClFNO2S. The number of benzene rings is 1. The second-order valence-corrected chi connectivity index (χ2v) is 5.86. The smallest absolute Gasteiger partial charge is 0.202 e. The molecule has 1 aromatic heterocycles. The molecule has 0 amide bonds. The molecule has 0 aliphatic carbocycles. The molecule has 98 valence electrons. The van der Waals surface area contributed by atoms with E-state index in [-0.39, 0.29) is 4.90 Å². The maximum absolute atomic E-state index is 13.4. The van der Waals surface area contributed by atoms with Gasteiger partial charge < -0.3 is 0 Å². The third-order valence-electron chi connectivity index (χ3n) is 2.34. The lowest BCUT2D eigenvalue weighted by molar-refractivity contribution is 0.572. The van der Waals surface area contributed by atoms with Gasteiger partial charge in [0.25, 0.3) is 0 Å². The van der Waals surface area contributed by atoms with Crippen LogP contribution < -0.4 is 0 Å². The number of halogens is 2. The molecule has 2 aromatic rings. The Kier molecular flexibility index (Phi) is 3.97. The monoisotopic (exact) mass is 297 g/mol. The van der Waals surface area contributed by atoms with E-state index in [0.29, 0.717) is 10.7 Å². The van der Waals surface area contributed by atoms with Gasteiger partial charge in [0.05, 0.1) is 10.7 Å². The molecule has 0 saturated heterocycles. The van der Waals surface area contributed by atoms with E-state index in [2.05, 4.69) is 4.98 Å². The molecule has 0 saturated carbocycles. The summed E-state index contributed by atoms with van der Waals surface area (Å²) >= 11 is 5.85. The average Bonchev–Trinajstić information content (AvgIpc) is 2.38. The fourth-order valence-electron chi connectivity index (χ4n) is 1.42. The van der Waals surface area contributed by atoms with Gasteiger partial charge in [-0.05, 0) is 30.3 Å². The fraction of sp³-hybridized carbons (Fsp3) is 0. The maximum Gasteiger partial charge on any atom is 0.202 e. The van der Waals surface area contributed by atoms with E-state index in [9.17, 15) is 12.8 Å². The van der Waals surface area contributed by atoms with Crippen LogP contribution in [0.3, 0.4) is 0 Å². The van der Waals surface area contributed by atoms with Crippen LogP contribution >= 0.6 is 11.6 Å². The van der Waals surface area contributed by atoms with Crippen LogP contribution in [0.2, 0.25) is 5.02 Å². The lowest BCUT2D eigenvalue weighted by Gasteiger charge is -2.00. The molecular weight excluding hydrogens is 289 g/mol. The van der Waals surface area contributed by atoms with Crippen molar-refractivity contribution in [2.45, 2.75) is 4.90 Å². The lowest BCUT2D eigenvalue weighted by atomic mass is 10.3. The molecule has 0 aliphatic rings. The Morgan fingerprint density at radius 3 is 2.58 bits per heavy atom. The van der Waals surface area contributed by atoms with Gasteiger partial charge in [-0.15, -0.1) is 0 Å². The predicted octanol–water partition coefficient (Wildman–Crippen LogP) is 3.32. The van der Waals surface area contributed by atoms with Crippen LogP contribution in [0.5, 0.6) is 0 Å². The van der Waals surface area contributed by atoms with E-state index in [0.717, 1.165) is 11.5 Å². The van der Waals surface area contributed by atoms with E-state index in [1.165, 1.54) is 30.5 Å². The molecule has 0 atom stereocenters. The van der Waals surface area contributed by atoms with Gasteiger partial charge in [0.15, 0.2) is 0 Å². The first-order valence-corrected chi connectivity index (χ1v) is 7.21. The van der Waals surface area contributed by atoms with Crippen LogP contribution in [0.4, 0.5) is 4.39 Å². The quantitative estimate of drug-likeness (QED) is 0.873.